The van der Waals surface area contributed by atoms with Gasteiger partial charge in [0.05, 0.1) is 22.3 Å². The minimum absolute atomic E-state index is 0.258. The Labute approximate surface area is 116 Å². The Morgan fingerprint density at radius 1 is 1.21 bits per heavy atom. The highest BCUT2D eigenvalue weighted by molar-refractivity contribution is 6.32. The Morgan fingerprint density at radius 2 is 1.95 bits per heavy atom. The molecule has 0 heterocycles. The lowest BCUT2D eigenvalue weighted by atomic mass is 10.1. The van der Waals surface area contributed by atoms with E-state index in [2.05, 4.69) is 5.32 Å². The third-order valence-electron chi connectivity index (χ3n) is 2.87. The number of halogens is 2. The van der Waals surface area contributed by atoms with Gasteiger partial charge in [-0.25, -0.2) is 4.39 Å². The van der Waals surface area contributed by atoms with Crippen LogP contribution in [0, 0.1) is 17.1 Å². The van der Waals surface area contributed by atoms with Gasteiger partial charge in [0.1, 0.15) is 11.9 Å². The molecule has 0 saturated carbocycles. The number of nitrogens with zero attached hydrogens (tertiary/aromatic N) is 1. The van der Waals surface area contributed by atoms with Gasteiger partial charge in [-0.15, -0.1) is 0 Å². The van der Waals surface area contributed by atoms with Crippen LogP contribution in [0.4, 0.5) is 10.1 Å². The molecular weight excluding hydrogens is 263 g/mol. The molecule has 19 heavy (non-hydrogen) atoms. The molecule has 0 aromatic heterocycles. The van der Waals surface area contributed by atoms with Crippen molar-refractivity contribution in [2.45, 2.75) is 13.0 Å². The summed E-state index contributed by atoms with van der Waals surface area (Å²) in [5.74, 6) is -0.275. The third-order valence-corrected chi connectivity index (χ3v) is 3.18. The monoisotopic (exact) mass is 274 g/mol. The molecule has 0 spiro atoms. The standard InChI is InChI=1S/C15H12ClFN2/c1-10(11-5-2-3-7-14(11)17)19-15-8-4-6-13(16)12(15)9-18/h2-8,10,19H,1H3. The number of hydrogen-bond acceptors (Lipinski definition) is 2. The predicted molar refractivity (Wildman–Crippen MR) is 74.6 cm³/mol. The Hall–Kier alpha value is -2.05. The summed E-state index contributed by atoms with van der Waals surface area (Å²) in [7, 11) is 0. The van der Waals surface area contributed by atoms with E-state index in [-0.39, 0.29) is 11.9 Å². The van der Waals surface area contributed by atoms with E-state index in [0.29, 0.717) is 21.8 Å². The molecule has 2 rings (SSSR count). The molecule has 1 atom stereocenters. The zero-order chi connectivity index (χ0) is 13.8. The van der Waals surface area contributed by atoms with E-state index < -0.39 is 0 Å². The quantitative estimate of drug-likeness (QED) is 0.893. The van der Waals surface area contributed by atoms with Crippen molar-refractivity contribution < 1.29 is 4.39 Å². The topological polar surface area (TPSA) is 35.8 Å². The first-order valence-corrected chi connectivity index (χ1v) is 6.21. The number of rotatable bonds is 3. The average molecular weight is 275 g/mol. The summed E-state index contributed by atoms with van der Waals surface area (Å²) in [6.45, 7) is 1.83. The average Bonchev–Trinajstić information content (AvgIpc) is 2.39. The summed E-state index contributed by atoms with van der Waals surface area (Å²) in [5.41, 5.74) is 1.52. The van der Waals surface area contributed by atoms with E-state index in [0.717, 1.165) is 0 Å². The van der Waals surface area contributed by atoms with Crippen molar-refractivity contribution in [3.05, 3.63) is 64.4 Å². The molecule has 4 heteroatoms. The normalized spacial score (nSPS) is 11.7. The lowest BCUT2D eigenvalue weighted by Crippen LogP contribution is -2.09. The van der Waals surface area contributed by atoms with Gasteiger partial charge in [-0.1, -0.05) is 35.9 Å². The first-order valence-electron chi connectivity index (χ1n) is 5.83. The molecule has 0 saturated heterocycles. The molecule has 2 aromatic rings. The highest BCUT2D eigenvalue weighted by atomic mass is 35.5. The highest BCUT2D eigenvalue weighted by Crippen LogP contribution is 2.27. The fraction of sp³-hybridized carbons (Fsp3) is 0.133. The van der Waals surface area contributed by atoms with Gasteiger partial charge in [-0.05, 0) is 25.1 Å². The van der Waals surface area contributed by atoms with Crippen LogP contribution in [0.2, 0.25) is 5.02 Å². The molecule has 0 bridgehead atoms. The summed E-state index contributed by atoms with van der Waals surface area (Å²) < 4.78 is 13.7. The molecule has 0 radical (unpaired) electrons. The summed E-state index contributed by atoms with van der Waals surface area (Å²) in [4.78, 5) is 0. The summed E-state index contributed by atoms with van der Waals surface area (Å²) in [6.07, 6.45) is 0. The van der Waals surface area contributed by atoms with Crippen LogP contribution in [0.3, 0.4) is 0 Å². The molecule has 0 amide bonds. The van der Waals surface area contributed by atoms with Crippen LogP contribution in [-0.2, 0) is 0 Å². The number of hydrogen-bond donors (Lipinski definition) is 1. The second-order valence-electron chi connectivity index (χ2n) is 4.16. The van der Waals surface area contributed by atoms with Crippen molar-refractivity contribution in [2.24, 2.45) is 0 Å². The largest absolute Gasteiger partial charge is 0.377 e. The minimum atomic E-state index is -0.275. The Balaban J connectivity index is 2.30. The lowest BCUT2D eigenvalue weighted by molar-refractivity contribution is 0.600. The molecule has 0 aliphatic carbocycles. The zero-order valence-corrected chi connectivity index (χ0v) is 11.1. The van der Waals surface area contributed by atoms with Crippen LogP contribution in [0.15, 0.2) is 42.5 Å². The summed E-state index contributed by atoms with van der Waals surface area (Å²) >= 11 is 5.95. The van der Waals surface area contributed by atoms with Gasteiger partial charge in [0.15, 0.2) is 0 Å². The number of nitrogens with one attached hydrogen (secondary N) is 1. The van der Waals surface area contributed by atoms with Gasteiger partial charge in [0.2, 0.25) is 0 Å². The van der Waals surface area contributed by atoms with Gasteiger partial charge in [-0.2, -0.15) is 5.26 Å². The van der Waals surface area contributed by atoms with Gasteiger partial charge in [-0.3, -0.25) is 0 Å². The molecule has 2 nitrogen and oxygen atoms in total. The van der Waals surface area contributed by atoms with E-state index in [1.807, 2.05) is 13.0 Å². The SMILES string of the molecule is CC(Nc1cccc(Cl)c1C#N)c1ccccc1F. The Kier molecular flexibility index (Phi) is 4.03. The van der Waals surface area contributed by atoms with Gasteiger partial charge < -0.3 is 5.32 Å². The van der Waals surface area contributed by atoms with Crippen molar-refractivity contribution in [2.75, 3.05) is 5.32 Å². The van der Waals surface area contributed by atoms with Gasteiger partial charge >= 0.3 is 0 Å². The van der Waals surface area contributed by atoms with E-state index in [4.69, 9.17) is 16.9 Å². The van der Waals surface area contributed by atoms with Gasteiger partial charge in [0, 0.05) is 5.56 Å². The van der Waals surface area contributed by atoms with E-state index in [1.165, 1.54) is 6.07 Å². The van der Waals surface area contributed by atoms with E-state index in [9.17, 15) is 4.39 Å². The minimum Gasteiger partial charge on any atom is -0.377 e. The van der Waals surface area contributed by atoms with Crippen molar-refractivity contribution in [3.63, 3.8) is 0 Å². The molecular formula is C15H12ClFN2. The molecule has 1 unspecified atom stereocenters. The third kappa shape index (κ3) is 2.86. The summed E-state index contributed by atoms with van der Waals surface area (Å²) in [6, 6.07) is 13.5. The maximum atomic E-state index is 13.7. The van der Waals surface area contributed by atoms with Crippen LogP contribution in [-0.4, -0.2) is 0 Å². The van der Waals surface area contributed by atoms with Crippen LogP contribution >= 0.6 is 11.6 Å². The first kappa shape index (κ1) is 13.4. The van der Waals surface area contributed by atoms with Crippen molar-refractivity contribution in [1.82, 2.24) is 0 Å². The zero-order valence-electron chi connectivity index (χ0n) is 10.3. The number of anilines is 1. The van der Waals surface area contributed by atoms with Crippen LogP contribution in [0.25, 0.3) is 0 Å². The van der Waals surface area contributed by atoms with E-state index >= 15 is 0 Å². The highest BCUT2D eigenvalue weighted by Gasteiger charge is 2.13. The Bertz CT molecular complexity index is 634. The fourth-order valence-electron chi connectivity index (χ4n) is 1.90. The molecule has 1 N–H and O–H groups in total. The maximum Gasteiger partial charge on any atom is 0.128 e. The number of benzene rings is 2. The molecule has 96 valence electrons. The Morgan fingerprint density at radius 3 is 2.63 bits per heavy atom. The van der Waals surface area contributed by atoms with E-state index in [1.54, 1.807) is 36.4 Å². The van der Waals surface area contributed by atoms with Crippen LogP contribution in [0.5, 0.6) is 0 Å². The number of nitriles is 1. The molecule has 0 fully saturated rings. The second-order valence-corrected chi connectivity index (χ2v) is 4.57. The smallest absolute Gasteiger partial charge is 0.128 e. The second kappa shape index (κ2) is 5.73. The van der Waals surface area contributed by atoms with Crippen LogP contribution in [0.1, 0.15) is 24.1 Å². The van der Waals surface area contributed by atoms with Crippen LogP contribution < -0.4 is 5.32 Å². The molecule has 2 aromatic carbocycles. The van der Waals surface area contributed by atoms with Crippen molar-refractivity contribution >= 4 is 17.3 Å². The van der Waals surface area contributed by atoms with Gasteiger partial charge in [0.25, 0.3) is 0 Å². The lowest BCUT2D eigenvalue weighted by Gasteiger charge is -2.17. The van der Waals surface area contributed by atoms with Crippen molar-refractivity contribution in [1.29, 1.82) is 5.26 Å². The maximum absolute atomic E-state index is 13.7. The first-order chi connectivity index (χ1) is 9.13. The van der Waals surface area contributed by atoms with Crippen molar-refractivity contribution in [3.8, 4) is 6.07 Å². The molecule has 0 aliphatic rings. The molecule has 0 aliphatic heterocycles. The fourth-order valence-corrected chi connectivity index (χ4v) is 2.11. The summed E-state index contributed by atoms with van der Waals surface area (Å²) in [5, 5.41) is 12.6. The predicted octanol–water partition coefficient (Wildman–Crippen LogP) is 4.52.